The molecule has 0 radical (unpaired) electrons. The predicted octanol–water partition coefficient (Wildman–Crippen LogP) is 4.18. The highest BCUT2D eigenvalue weighted by Crippen LogP contribution is 2.65. The van der Waals surface area contributed by atoms with Crippen molar-refractivity contribution < 1.29 is 9.72 Å². The lowest BCUT2D eigenvalue weighted by Crippen LogP contribution is -2.58. The van der Waals surface area contributed by atoms with Gasteiger partial charge in [-0.2, -0.15) is 4.68 Å². The second kappa shape index (κ2) is 8.80. The lowest BCUT2D eigenvalue weighted by atomic mass is 9.46. The van der Waals surface area contributed by atoms with Gasteiger partial charge in [0.05, 0.1) is 16.3 Å². The first-order valence-corrected chi connectivity index (χ1v) is 13.4. The van der Waals surface area contributed by atoms with E-state index in [1.54, 1.807) is 6.20 Å². The minimum atomic E-state index is -0.487. The Hall–Kier alpha value is -2.52. The Morgan fingerprint density at radius 3 is 2.53 bits per heavy atom. The minimum Gasteiger partial charge on any atom is -0.358 e. The second-order valence-corrected chi connectivity index (χ2v) is 12.2. The van der Waals surface area contributed by atoms with Gasteiger partial charge >= 0.3 is 5.82 Å². The molecule has 1 aliphatic heterocycles. The minimum absolute atomic E-state index is 0.0480. The Labute approximate surface area is 215 Å². The molecule has 0 aromatic carbocycles. The van der Waals surface area contributed by atoms with E-state index in [0.717, 1.165) is 64.8 Å². The summed E-state index contributed by atoms with van der Waals surface area (Å²) < 4.78 is 1.88. The normalized spacial score (nSPS) is 31.7. The van der Waals surface area contributed by atoms with E-state index in [1.807, 2.05) is 28.8 Å². The van der Waals surface area contributed by atoms with Crippen LogP contribution < -0.4 is 0 Å². The fourth-order valence-corrected chi connectivity index (χ4v) is 8.43. The van der Waals surface area contributed by atoms with Crippen molar-refractivity contribution in [3.05, 3.63) is 50.9 Å². The van der Waals surface area contributed by atoms with Crippen molar-refractivity contribution in [1.82, 2.24) is 24.6 Å². The molecule has 1 saturated heterocycles. The van der Waals surface area contributed by atoms with E-state index >= 15 is 0 Å². The van der Waals surface area contributed by atoms with Crippen LogP contribution in [0, 0.1) is 34.3 Å². The third-order valence-electron chi connectivity index (χ3n) is 9.18. The highest BCUT2D eigenvalue weighted by molar-refractivity contribution is 6.33. The summed E-state index contributed by atoms with van der Waals surface area (Å²) in [7, 11) is 0. The van der Waals surface area contributed by atoms with Crippen LogP contribution in [0.15, 0.2) is 24.5 Å². The Morgan fingerprint density at radius 2 is 1.92 bits per heavy atom. The van der Waals surface area contributed by atoms with Crippen LogP contribution in [0.2, 0.25) is 5.02 Å². The summed E-state index contributed by atoms with van der Waals surface area (Å²) in [5, 5.41) is 16.1. The quantitative estimate of drug-likeness (QED) is 0.425. The molecule has 5 fully saturated rings. The largest absolute Gasteiger partial charge is 0.408 e. The molecule has 3 heterocycles. The maximum Gasteiger partial charge on any atom is 0.408 e. The van der Waals surface area contributed by atoms with Gasteiger partial charge in [0.1, 0.15) is 0 Å². The molecule has 7 rings (SSSR count). The number of hydrogen-bond donors (Lipinski definition) is 0. The highest BCUT2D eigenvalue weighted by Gasteiger charge is 2.61. The number of hydrogen-bond acceptors (Lipinski definition) is 6. The Morgan fingerprint density at radius 1 is 1.19 bits per heavy atom. The van der Waals surface area contributed by atoms with Gasteiger partial charge in [-0.05, 0) is 79.3 Å². The van der Waals surface area contributed by atoms with E-state index in [9.17, 15) is 14.9 Å². The average Bonchev–Trinajstić information content (AvgIpc) is 3.14. The first kappa shape index (κ1) is 23.9. The number of amides is 1. The molecule has 1 amide bonds. The van der Waals surface area contributed by atoms with Crippen molar-refractivity contribution in [2.75, 3.05) is 26.2 Å². The van der Waals surface area contributed by atoms with E-state index in [-0.39, 0.29) is 27.7 Å². The Bertz CT molecular complexity index is 1160. The average molecular weight is 513 g/mol. The van der Waals surface area contributed by atoms with E-state index in [1.165, 1.54) is 12.0 Å². The van der Waals surface area contributed by atoms with Crippen LogP contribution in [0.5, 0.6) is 0 Å². The van der Waals surface area contributed by atoms with Crippen LogP contribution in [-0.4, -0.2) is 61.6 Å². The van der Waals surface area contributed by atoms with Crippen molar-refractivity contribution in [2.45, 2.75) is 64.0 Å². The fourth-order valence-electron chi connectivity index (χ4n) is 8.24. The van der Waals surface area contributed by atoms with E-state index in [4.69, 9.17) is 11.6 Å². The van der Waals surface area contributed by atoms with Gasteiger partial charge < -0.3 is 15.0 Å². The lowest BCUT2D eigenvalue weighted by Gasteiger charge is -2.61. The van der Waals surface area contributed by atoms with E-state index < -0.39 is 4.92 Å². The zero-order valence-corrected chi connectivity index (χ0v) is 21.5. The maximum absolute atomic E-state index is 13.6. The van der Waals surface area contributed by atoms with Crippen molar-refractivity contribution in [3.63, 3.8) is 0 Å². The van der Waals surface area contributed by atoms with E-state index in [0.29, 0.717) is 24.0 Å². The number of rotatable bonds is 6. The van der Waals surface area contributed by atoms with Gasteiger partial charge in [0, 0.05) is 51.5 Å². The van der Waals surface area contributed by atoms with Crippen LogP contribution in [0.4, 0.5) is 5.82 Å². The van der Waals surface area contributed by atoms with Crippen LogP contribution in [0.1, 0.15) is 56.2 Å². The number of pyridine rings is 1. The Balaban J connectivity index is 1.16. The van der Waals surface area contributed by atoms with Crippen molar-refractivity contribution >= 4 is 23.3 Å². The number of aromatic nitrogens is 3. The molecule has 2 aromatic heterocycles. The molecule has 2 aromatic rings. The van der Waals surface area contributed by atoms with Gasteiger partial charge in [0.15, 0.2) is 5.02 Å². The summed E-state index contributed by atoms with van der Waals surface area (Å²) in [6, 6.07) is 4.06. The summed E-state index contributed by atoms with van der Waals surface area (Å²) in [6.45, 7) is 5.96. The molecule has 4 aliphatic carbocycles. The number of nitrogens with zero attached hydrogens (tertiary/aromatic N) is 6. The number of nitro groups is 1. The summed E-state index contributed by atoms with van der Waals surface area (Å²) in [6.07, 6.45) is 10.4. The zero-order chi connectivity index (χ0) is 25.1. The smallest absolute Gasteiger partial charge is 0.358 e. The summed E-state index contributed by atoms with van der Waals surface area (Å²) >= 11 is 6.34. The van der Waals surface area contributed by atoms with Gasteiger partial charge in [0.25, 0.3) is 0 Å². The van der Waals surface area contributed by atoms with Crippen molar-refractivity contribution in [2.24, 2.45) is 17.3 Å². The predicted molar refractivity (Wildman–Crippen MR) is 134 cm³/mol. The van der Waals surface area contributed by atoms with Crippen molar-refractivity contribution in [1.29, 1.82) is 0 Å². The zero-order valence-electron chi connectivity index (χ0n) is 20.7. The Kier molecular flexibility index (Phi) is 5.83. The third-order valence-corrected chi connectivity index (χ3v) is 9.62. The second-order valence-electron chi connectivity index (χ2n) is 11.8. The SMILES string of the molecule is Cc1c(Cl)c([N+](=O)[O-])nn1C12CC3CC(CC(CC(=O)N4CCN(Cc5cccnc5)CC4)(C3)C1)C2. The van der Waals surface area contributed by atoms with Gasteiger partial charge in [-0.1, -0.05) is 17.7 Å². The van der Waals surface area contributed by atoms with Crippen LogP contribution in [0.3, 0.4) is 0 Å². The first-order valence-electron chi connectivity index (χ1n) is 13.0. The maximum atomic E-state index is 13.6. The molecule has 2 unspecified atom stereocenters. The number of halogens is 1. The van der Waals surface area contributed by atoms with Crippen LogP contribution in [0.25, 0.3) is 0 Å². The molecular weight excluding hydrogens is 480 g/mol. The number of carbonyl (C=O) groups is 1. The number of carbonyl (C=O) groups excluding carboxylic acids is 1. The fraction of sp³-hybridized carbons (Fsp3) is 0.654. The van der Waals surface area contributed by atoms with Crippen molar-refractivity contribution in [3.8, 4) is 0 Å². The summed E-state index contributed by atoms with van der Waals surface area (Å²) in [4.78, 5) is 33.2. The van der Waals surface area contributed by atoms with Gasteiger partial charge in [-0.25, -0.2) is 0 Å². The molecule has 2 atom stereocenters. The van der Waals surface area contributed by atoms with Gasteiger partial charge in [-0.15, -0.1) is 0 Å². The van der Waals surface area contributed by atoms with Gasteiger partial charge in [0.2, 0.25) is 5.91 Å². The molecule has 192 valence electrons. The van der Waals surface area contributed by atoms with Gasteiger partial charge in [-0.3, -0.25) is 14.7 Å². The molecule has 10 heteroatoms. The first-order chi connectivity index (χ1) is 17.3. The van der Waals surface area contributed by atoms with E-state index in [2.05, 4.69) is 21.0 Å². The monoisotopic (exact) mass is 512 g/mol. The molecule has 5 aliphatic rings. The molecule has 0 spiro atoms. The molecule has 4 saturated carbocycles. The molecule has 4 bridgehead atoms. The molecule has 9 nitrogen and oxygen atoms in total. The van der Waals surface area contributed by atoms with Crippen LogP contribution in [-0.2, 0) is 16.9 Å². The molecule has 0 N–H and O–H groups in total. The standard InChI is InChI=1S/C26H33ClN6O3/c1-18-23(27)24(33(35)36)29-32(18)26-12-20-9-21(13-26)11-25(10-20,17-26)14-22(34)31-7-5-30(6-8-31)16-19-3-2-4-28-15-19/h2-4,15,20-21H,5-14,16-17H2,1H3. The highest BCUT2D eigenvalue weighted by atomic mass is 35.5. The topological polar surface area (TPSA) is 97.4 Å². The molecule has 36 heavy (non-hydrogen) atoms. The van der Waals surface area contributed by atoms with Crippen LogP contribution >= 0.6 is 11.6 Å². The third kappa shape index (κ3) is 4.10. The number of piperazine rings is 1. The summed E-state index contributed by atoms with van der Waals surface area (Å²) in [5.41, 5.74) is 1.56. The molecular formula is C26H33ClN6O3. The summed E-state index contributed by atoms with van der Waals surface area (Å²) in [5.74, 6) is 1.09. The lowest BCUT2D eigenvalue weighted by molar-refractivity contribution is -0.389.